The van der Waals surface area contributed by atoms with Gasteiger partial charge >= 0.3 is 0 Å². The fourth-order valence-electron chi connectivity index (χ4n) is 4.62. The van der Waals surface area contributed by atoms with Crippen molar-refractivity contribution in [1.82, 2.24) is 5.32 Å². The quantitative estimate of drug-likeness (QED) is 0.875. The van der Waals surface area contributed by atoms with Gasteiger partial charge in [0, 0.05) is 24.3 Å². The molecule has 1 saturated heterocycles. The maximum atomic E-state index is 3.80. The minimum absolute atomic E-state index is 0.666. The van der Waals surface area contributed by atoms with Crippen LogP contribution in [0.1, 0.15) is 31.7 Å². The summed E-state index contributed by atoms with van der Waals surface area (Å²) in [6.45, 7) is 4.85. The zero-order valence-electron chi connectivity index (χ0n) is 11.8. The molecule has 4 atom stereocenters. The fourth-order valence-corrected chi connectivity index (χ4v) is 4.62. The molecule has 0 amide bonds. The third-order valence-electron chi connectivity index (χ3n) is 5.62. The predicted octanol–water partition coefficient (Wildman–Crippen LogP) is 2.83. The molecule has 2 aliphatic heterocycles. The van der Waals surface area contributed by atoms with Crippen molar-refractivity contribution in [2.75, 3.05) is 18.0 Å². The average Bonchev–Trinajstić information content (AvgIpc) is 3.07. The van der Waals surface area contributed by atoms with Crippen molar-refractivity contribution >= 4 is 5.69 Å². The van der Waals surface area contributed by atoms with Crippen LogP contribution in [0.5, 0.6) is 0 Å². The summed E-state index contributed by atoms with van der Waals surface area (Å²) in [7, 11) is 0. The van der Waals surface area contributed by atoms with Crippen LogP contribution >= 0.6 is 0 Å². The molecule has 0 radical (unpaired) electrons. The Bertz CT molecular complexity index is 470. The van der Waals surface area contributed by atoms with Crippen LogP contribution in [0.15, 0.2) is 24.3 Å². The Kier molecular flexibility index (Phi) is 2.80. The molecule has 19 heavy (non-hydrogen) atoms. The number of rotatable bonds is 2. The third-order valence-corrected chi connectivity index (χ3v) is 5.62. The number of nitrogens with one attached hydrogen (secondary N) is 1. The second kappa shape index (κ2) is 4.52. The Morgan fingerprint density at radius 1 is 1.26 bits per heavy atom. The SMILES string of the molecule is CC1Cc2ccccc2N1CC1NCC2CCCC21. The highest BCUT2D eigenvalue weighted by Crippen LogP contribution is 2.39. The lowest BCUT2D eigenvalue weighted by molar-refractivity contribution is 0.404. The molecule has 1 aliphatic carbocycles. The van der Waals surface area contributed by atoms with E-state index >= 15 is 0 Å². The molecule has 2 fully saturated rings. The summed E-state index contributed by atoms with van der Waals surface area (Å²) in [5.41, 5.74) is 3.02. The van der Waals surface area contributed by atoms with Gasteiger partial charge in [-0.05, 0) is 56.2 Å². The Balaban J connectivity index is 1.54. The zero-order valence-corrected chi connectivity index (χ0v) is 11.8. The van der Waals surface area contributed by atoms with Crippen molar-refractivity contribution in [2.45, 2.75) is 44.7 Å². The van der Waals surface area contributed by atoms with E-state index in [1.807, 2.05) is 0 Å². The largest absolute Gasteiger partial charge is 0.367 e. The van der Waals surface area contributed by atoms with Gasteiger partial charge in [-0.3, -0.25) is 0 Å². The molecule has 0 aromatic heterocycles. The topological polar surface area (TPSA) is 15.3 Å². The van der Waals surface area contributed by atoms with Crippen LogP contribution in [0, 0.1) is 11.8 Å². The molecule has 1 aromatic rings. The molecule has 1 aromatic carbocycles. The van der Waals surface area contributed by atoms with Crippen LogP contribution < -0.4 is 10.2 Å². The van der Waals surface area contributed by atoms with Crippen LogP contribution in [0.4, 0.5) is 5.69 Å². The van der Waals surface area contributed by atoms with Gasteiger partial charge in [0.25, 0.3) is 0 Å². The van der Waals surface area contributed by atoms with Crippen molar-refractivity contribution in [3.05, 3.63) is 29.8 Å². The molecule has 1 N–H and O–H groups in total. The maximum absolute atomic E-state index is 3.80. The van der Waals surface area contributed by atoms with E-state index in [0.29, 0.717) is 6.04 Å². The van der Waals surface area contributed by atoms with E-state index in [1.165, 1.54) is 50.0 Å². The molecule has 4 rings (SSSR count). The molecule has 102 valence electrons. The normalized spacial score (nSPS) is 36.6. The molecular weight excluding hydrogens is 232 g/mol. The van der Waals surface area contributed by atoms with Gasteiger partial charge in [0.05, 0.1) is 0 Å². The van der Waals surface area contributed by atoms with E-state index in [-0.39, 0.29) is 0 Å². The molecular formula is C17H24N2. The first-order chi connectivity index (χ1) is 9.33. The van der Waals surface area contributed by atoms with Gasteiger partial charge in [0.1, 0.15) is 0 Å². The van der Waals surface area contributed by atoms with Crippen LogP contribution in [0.2, 0.25) is 0 Å². The highest BCUT2D eigenvalue weighted by Gasteiger charge is 2.40. The number of hydrogen-bond acceptors (Lipinski definition) is 2. The number of fused-ring (bicyclic) bond motifs is 2. The number of nitrogens with zero attached hydrogens (tertiary/aromatic N) is 1. The highest BCUT2D eigenvalue weighted by atomic mass is 15.2. The summed E-state index contributed by atoms with van der Waals surface area (Å²) in [6, 6.07) is 10.4. The van der Waals surface area contributed by atoms with Crippen LogP contribution in [0.3, 0.4) is 0 Å². The van der Waals surface area contributed by atoms with Crippen molar-refractivity contribution < 1.29 is 0 Å². The van der Waals surface area contributed by atoms with Crippen molar-refractivity contribution in [2.24, 2.45) is 11.8 Å². The molecule has 2 nitrogen and oxygen atoms in total. The first-order valence-electron chi connectivity index (χ1n) is 7.91. The second-order valence-corrected chi connectivity index (χ2v) is 6.70. The van der Waals surface area contributed by atoms with Crippen molar-refractivity contribution in [3.8, 4) is 0 Å². The third kappa shape index (κ3) is 1.88. The van der Waals surface area contributed by atoms with Crippen LogP contribution in [-0.4, -0.2) is 25.2 Å². The van der Waals surface area contributed by atoms with E-state index in [2.05, 4.69) is 41.4 Å². The van der Waals surface area contributed by atoms with Gasteiger partial charge in [-0.2, -0.15) is 0 Å². The molecule has 3 aliphatic rings. The van der Waals surface area contributed by atoms with E-state index in [1.54, 1.807) is 0 Å². The monoisotopic (exact) mass is 256 g/mol. The van der Waals surface area contributed by atoms with Crippen molar-refractivity contribution in [1.29, 1.82) is 0 Å². The minimum atomic E-state index is 0.666. The number of benzene rings is 1. The summed E-state index contributed by atoms with van der Waals surface area (Å²) < 4.78 is 0. The Hall–Kier alpha value is -1.02. The van der Waals surface area contributed by atoms with Crippen LogP contribution in [0.25, 0.3) is 0 Å². The first kappa shape index (κ1) is 11.8. The van der Waals surface area contributed by atoms with E-state index in [0.717, 1.165) is 17.9 Å². The molecule has 2 heteroatoms. The standard InChI is InChI=1S/C17H24N2/c1-12-9-13-5-2-3-8-17(13)19(12)11-16-15-7-4-6-14(15)10-18-16/h2-3,5,8,12,14-16,18H,4,6-7,9-11H2,1H3. The molecule has 0 bridgehead atoms. The summed E-state index contributed by atoms with van der Waals surface area (Å²) in [5, 5.41) is 3.80. The Labute approximate surface area is 116 Å². The first-order valence-corrected chi connectivity index (χ1v) is 7.91. The van der Waals surface area contributed by atoms with Crippen molar-refractivity contribution in [3.63, 3.8) is 0 Å². The molecule has 1 saturated carbocycles. The molecule has 2 heterocycles. The maximum Gasteiger partial charge on any atom is 0.0402 e. The lowest BCUT2D eigenvalue weighted by atomic mass is 9.93. The Morgan fingerprint density at radius 3 is 3.11 bits per heavy atom. The summed E-state index contributed by atoms with van der Waals surface area (Å²) in [4.78, 5) is 2.65. The lowest BCUT2D eigenvalue weighted by Crippen LogP contribution is -2.43. The van der Waals surface area contributed by atoms with Gasteiger partial charge in [-0.1, -0.05) is 24.6 Å². The number of para-hydroxylation sites is 1. The highest BCUT2D eigenvalue weighted by molar-refractivity contribution is 5.59. The predicted molar refractivity (Wildman–Crippen MR) is 79.6 cm³/mol. The zero-order chi connectivity index (χ0) is 12.8. The minimum Gasteiger partial charge on any atom is -0.367 e. The van der Waals surface area contributed by atoms with Gasteiger partial charge in [-0.25, -0.2) is 0 Å². The van der Waals surface area contributed by atoms with Gasteiger partial charge < -0.3 is 10.2 Å². The van der Waals surface area contributed by atoms with Gasteiger partial charge in [0.15, 0.2) is 0 Å². The van der Waals surface area contributed by atoms with Crippen LogP contribution in [-0.2, 0) is 6.42 Å². The molecule has 0 spiro atoms. The van der Waals surface area contributed by atoms with Gasteiger partial charge in [0.2, 0.25) is 0 Å². The summed E-state index contributed by atoms with van der Waals surface area (Å²) in [5.74, 6) is 1.91. The lowest BCUT2D eigenvalue weighted by Gasteiger charge is -2.30. The van der Waals surface area contributed by atoms with Gasteiger partial charge in [-0.15, -0.1) is 0 Å². The number of hydrogen-bond donors (Lipinski definition) is 1. The average molecular weight is 256 g/mol. The second-order valence-electron chi connectivity index (χ2n) is 6.70. The van der Waals surface area contributed by atoms with E-state index < -0.39 is 0 Å². The van der Waals surface area contributed by atoms with E-state index in [4.69, 9.17) is 0 Å². The van der Waals surface area contributed by atoms with E-state index in [9.17, 15) is 0 Å². The smallest absolute Gasteiger partial charge is 0.0402 e. The fraction of sp³-hybridized carbons (Fsp3) is 0.647. The summed E-state index contributed by atoms with van der Waals surface area (Å²) >= 11 is 0. The Morgan fingerprint density at radius 2 is 2.16 bits per heavy atom. The number of anilines is 1. The molecule has 4 unspecified atom stereocenters. The summed E-state index contributed by atoms with van der Waals surface area (Å²) in [6.07, 6.45) is 5.59.